The number of carbonyl (C=O) groups excluding carboxylic acids is 1. The molecule has 0 aliphatic rings. The fraction of sp³-hybridized carbons (Fsp3) is 0.238. The van der Waals surface area contributed by atoms with E-state index >= 15 is 0 Å². The largest absolute Gasteiger partial charge is 0.496 e. The molecule has 0 bridgehead atoms. The van der Waals surface area contributed by atoms with Crippen LogP contribution in [0.15, 0.2) is 59.4 Å². The zero-order chi connectivity index (χ0) is 21.7. The maximum Gasteiger partial charge on any atom is 0.493 e. The van der Waals surface area contributed by atoms with Gasteiger partial charge in [0, 0.05) is 23.6 Å². The zero-order valence-electron chi connectivity index (χ0n) is 16.0. The molecule has 0 fully saturated rings. The first-order valence-electron chi connectivity index (χ1n) is 9.06. The molecule has 0 amide bonds. The van der Waals surface area contributed by atoms with Crippen molar-refractivity contribution in [3.63, 3.8) is 0 Å². The number of hydrogen-bond acceptors (Lipinski definition) is 5. The molecule has 30 heavy (non-hydrogen) atoms. The second-order valence-electron chi connectivity index (χ2n) is 6.47. The van der Waals surface area contributed by atoms with E-state index in [9.17, 15) is 22.8 Å². The molecular weight excluding hydrogens is 401 g/mol. The van der Waals surface area contributed by atoms with E-state index in [4.69, 9.17) is 4.74 Å². The van der Waals surface area contributed by atoms with E-state index in [0.717, 1.165) is 22.9 Å². The van der Waals surface area contributed by atoms with Gasteiger partial charge in [0.1, 0.15) is 5.75 Å². The molecule has 6 nitrogen and oxygen atoms in total. The number of carbonyl (C=O) groups is 1. The number of pyridine rings is 1. The van der Waals surface area contributed by atoms with Crippen LogP contribution in [0.1, 0.15) is 11.1 Å². The van der Waals surface area contributed by atoms with E-state index in [1.807, 2.05) is 24.3 Å². The minimum absolute atomic E-state index is 0.0855. The second kappa shape index (κ2) is 9.00. The summed E-state index contributed by atoms with van der Waals surface area (Å²) < 4.78 is 43.3. The average Bonchev–Trinajstić information content (AvgIpc) is 2.72. The van der Waals surface area contributed by atoms with Crippen LogP contribution in [-0.4, -0.2) is 30.5 Å². The number of benzene rings is 2. The molecule has 1 N–H and O–H groups in total. The van der Waals surface area contributed by atoms with Crippen LogP contribution in [0.3, 0.4) is 0 Å². The average molecular weight is 420 g/mol. The van der Waals surface area contributed by atoms with Crippen molar-refractivity contribution in [1.82, 2.24) is 10.0 Å². The summed E-state index contributed by atoms with van der Waals surface area (Å²) in [6.07, 6.45) is -4.66. The first kappa shape index (κ1) is 21.4. The molecule has 0 aliphatic heterocycles. The van der Waals surface area contributed by atoms with E-state index in [0.29, 0.717) is 29.6 Å². The lowest BCUT2D eigenvalue weighted by Gasteiger charge is -2.12. The van der Waals surface area contributed by atoms with Crippen molar-refractivity contribution in [3.05, 3.63) is 76.1 Å². The van der Waals surface area contributed by atoms with Gasteiger partial charge in [-0.3, -0.25) is 4.79 Å². The first-order chi connectivity index (χ1) is 14.3. The van der Waals surface area contributed by atoms with Crippen LogP contribution in [0.2, 0.25) is 0 Å². The van der Waals surface area contributed by atoms with Gasteiger partial charge in [0.05, 0.1) is 12.6 Å². The third kappa shape index (κ3) is 4.98. The molecule has 9 heteroatoms. The van der Waals surface area contributed by atoms with Gasteiger partial charge in [0.2, 0.25) is 0 Å². The molecule has 0 spiro atoms. The molecule has 0 saturated heterocycles. The molecular formula is C21H19F3N2O4. The zero-order valence-corrected chi connectivity index (χ0v) is 16.0. The number of halogens is 3. The Hall–Kier alpha value is -3.33. The summed E-state index contributed by atoms with van der Waals surface area (Å²) in [4.78, 5) is 27.5. The third-order valence-corrected chi connectivity index (χ3v) is 4.42. The number of alkyl halides is 3. The first-order valence-corrected chi connectivity index (χ1v) is 9.06. The lowest BCUT2D eigenvalue weighted by molar-refractivity contribution is -0.199. The maximum atomic E-state index is 12.5. The molecule has 0 unspecified atom stereocenters. The monoisotopic (exact) mass is 420 g/mol. The molecule has 158 valence electrons. The fourth-order valence-corrected chi connectivity index (χ4v) is 2.94. The highest BCUT2D eigenvalue weighted by molar-refractivity contribution is 5.81. The summed E-state index contributed by atoms with van der Waals surface area (Å²) in [7, 11) is 1.60. The van der Waals surface area contributed by atoms with Crippen molar-refractivity contribution in [1.29, 1.82) is 0 Å². The number of para-hydroxylation sites is 1. The van der Waals surface area contributed by atoms with Crippen LogP contribution in [-0.2, 0) is 17.8 Å². The summed E-state index contributed by atoms with van der Waals surface area (Å²) >= 11 is 0. The fourth-order valence-electron chi connectivity index (χ4n) is 2.94. The number of nitrogens with zero attached hydrogens (tertiary/aromatic N) is 1. The van der Waals surface area contributed by atoms with Crippen LogP contribution >= 0.6 is 0 Å². The Morgan fingerprint density at radius 1 is 1.10 bits per heavy atom. The predicted octanol–water partition coefficient (Wildman–Crippen LogP) is 2.86. The Morgan fingerprint density at radius 3 is 2.57 bits per heavy atom. The molecule has 3 aromatic rings. The van der Waals surface area contributed by atoms with Crippen molar-refractivity contribution in [2.45, 2.75) is 19.1 Å². The lowest BCUT2D eigenvalue weighted by Crippen LogP contribution is -2.38. The van der Waals surface area contributed by atoms with Crippen molar-refractivity contribution in [3.8, 4) is 5.75 Å². The van der Waals surface area contributed by atoms with Crippen molar-refractivity contribution >= 4 is 16.9 Å². The summed E-state index contributed by atoms with van der Waals surface area (Å²) in [5.74, 6) is -1.69. The van der Waals surface area contributed by atoms with Crippen LogP contribution in [0, 0.1) is 0 Å². The molecule has 0 radical (unpaired) electrons. The van der Waals surface area contributed by atoms with Gasteiger partial charge in [0.25, 0.3) is 5.56 Å². The van der Waals surface area contributed by atoms with E-state index in [2.05, 4.69) is 10.2 Å². The Labute approximate surface area is 169 Å². The molecule has 0 saturated carbocycles. The molecule has 1 heterocycles. The van der Waals surface area contributed by atoms with E-state index < -0.39 is 17.7 Å². The smallest absolute Gasteiger partial charge is 0.493 e. The number of hydrogen-bond donors (Lipinski definition) is 1. The molecule has 2 aromatic carbocycles. The highest BCUT2D eigenvalue weighted by atomic mass is 19.4. The van der Waals surface area contributed by atoms with Crippen molar-refractivity contribution in [2.24, 2.45) is 0 Å². The van der Waals surface area contributed by atoms with Gasteiger partial charge in [-0.15, -0.1) is 4.73 Å². The number of fused-ring (bicyclic) bond motifs is 1. The topological polar surface area (TPSA) is 69.6 Å². The number of nitrogens with one attached hydrogen (secondary N) is 1. The Kier molecular flexibility index (Phi) is 6.41. The van der Waals surface area contributed by atoms with Crippen LogP contribution < -0.4 is 20.5 Å². The van der Waals surface area contributed by atoms with Crippen LogP contribution in [0.25, 0.3) is 10.9 Å². The highest BCUT2D eigenvalue weighted by Crippen LogP contribution is 2.19. The Bertz CT molecular complexity index is 1110. The summed E-state index contributed by atoms with van der Waals surface area (Å²) in [6, 6.07) is 15.1. The van der Waals surface area contributed by atoms with Gasteiger partial charge in [-0.25, -0.2) is 4.79 Å². The summed E-state index contributed by atoms with van der Waals surface area (Å²) in [5.41, 5.74) is 0.970. The summed E-state index contributed by atoms with van der Waals surface area (Å²) in [5, 5.41) is 3.74. The van der Waals surface area contributed by atoms with E-state index in [1.165, 1.54) is 12.1 Å². The van der Waals surface area contributed by atoms with Gasteiger partial charge >= 0.3 is 12.1 Å². The Morgan fingerprint density at radius 2 is 1.83 bits per heavy atom. The number of methoxy groups -OCH3 is 1. The Balaban J connectivity index is 1.73. The minimum Gasteiger partial charge on any atom is -0.496 e. The number of ether oxygens (including phenoxy) is 1. The molecule has 0 aliphatic carbocycles. The maximum absolute atomic E-state index is 12.5. The summed E-state index contributed by atoms with van der Waals surface area (Å²) in [6.45, 7) is 1.15. The molecule has 3 rings (SSSR count). The predicted molar refractivity (Wildman–Crippen MR) is 104 cm³/mol. The standard InChI is InChI=1S/C21H19F3N2O4/c1-29-18-5-3-2-4-16(18)13-25-11-10-14-6-7-15-8-9-19(27)26(17(15)12-14)30-20(28)21(22,23)24/h2-9,12,25H,10-11,13H2,1H3. The lowest BCUT2D eigenvalue weighted by atomic mass is 10.1. The minimum atomic E-state index is -5.21. The van der Waals surface area contributed by atoms with Crippen LogP contribution in [0.4, 0.5) is 13.2 Å². The molecule has 1 aromatic heterocycles. The van der Waals surface area contributed by atoms with Crippen LogP contribution in [0.5, 0.6) is 5.75 Å². The van der Waals surface area contributed by atoms with E-state index in [-0.39, 0.29) is 5.52 Å². The van der Waals surface area contributed by atoms with Gasteiger partial charge in [0.15, 0.2) is 0 Å². The number of rotatable bonds is 7. The normalized spacial score (nSPS) is 11.5. The highest BCUT2D eigenvalue weighted by Gasteiger charge is 2.42. The molecule has 0 atom stereocenters. The third-order valence-electron chi connectivity index (χ3n) is 4.42. The van der Waals surface area contributed by atoms with Crippen molar-refractivity contribution < 1.29 is 27.5 Å². The van der Waals surface area contributed by atoms with Gasteiger partial charge in [-0.05, 0) is 36.7 Å². The second-order valence-corrected chi connectivity index (χ2v) is 6.47. The number of aromatic nitrogens is 1. The van der Waals surface area contributed by atoms with E-state index in [1.54, 1.807) is 19.2 Å². The van der Waals surface area contributed by atoms with Gasteiger partial charge in [-0.2, -0.15) is 13.2 Å². The van der Waals surface area contributed by atoms with Gasteiger partial charge in [-0.1, -0.05) is 30.3 Å². The quantitative estimate of drug-likeness (QED) is 0.596. The van der Waals surface area contributed by atoms with Crippen molar-refractivity contribution in [2.75, 3.05) is 13.7 Å². The van der Waals surface area contributed by atoms with Gasteiger partial charge < -0.3 is 14.9 Å². The SMILES string of the molecule is COc1ccccc1CNCCc1ccc2ccc(=O)n(OC(=O)C(F)(F)F)c2c1.